The fourth-order valence-corrected chi connectivity index (χ4v) is 6.76. The second kappa shape index (κ2) is 10.9. The van der Waals surface area contributed by atoms with Crippen LogP contribution in [0, 0.1) is 11.8 Å². The molecule has 1 saturated carbocycles. The maximum Gasteiger partial charge on any atom is 0.155 e. The van der Waals surface area contributed by atoms with E-state index in [0.717, 1.165) is 49.2 Å². The van der Waals surface area contributed by atoms with E-state index in [0.29, 0.717) is 22.2 Å². The van der Waals surface area contributed by atoms with Crippen molar-refractivity contribution in [3.05, 3.63) is 33.8 Å². The van der Waals surface area contributed by atoms with Gasteiger partial charge in [-0.05, 0) is 82.2 Å². The van der Waals surface area contributed by atoms with Crippen LogP contribution in [0.25, 0.3) is 0 Å². The molecule has 0 N–H and O–H groups in total. The first-order chi connectivity index (χ1) is 13.5. The van der Waals surface area contributed by atoms with Crippen LogP contribution in [0.3, 0.4) is 0 Å². The Labute approximate surface area is 190 Å². The zero-order valence-corrected chi connectivity index (χ0v) is 20.7. The summed E-state index contributed by atoms with van der Waals surface area (Å²) in [5.74, 6) is 2.52. The lowest BCUT2D eigenvalue weighted by Crippen LogP contribution is -2.35. The van der Waals surface area contributed by atoms with E-state index < -0.39 is 14.6 Å². The Bertz CT molecular complexity index is 773. The number of hydrogen-bond acceptors (Lipinski definition) is 4. The van der Waals surface area contributed by atoms with Crippen molar-refractivity contribution in [2.24, 2.45) is 11.8 Å². The van der Waals surface area contributed by atoms with Gasteiger partial charge in [0.15, 0.2) is 9.84 Å². The van der Waals surface area contributed by atoms with Gasteiger partial charge in [0.05, 0.1) is 10.5 Å². The van der Waals surface area contributed by atoms with Crippen LogP contribution in [0.15, 0.2) is 18.2 Å². The first kappa shape index (κ1) is 25.0. The highest BCUT2D eigenvalue weighted by molar-refractivity contribution is 7.98. The van der Waals surface area contributed by atoms with Crippen LogP contribution >= 0.6 is 35.0 Å². The quantitative estimate of drug-likeness (QED) is 0.375. The molecule has 0 radical (unpaired) electrons. The number of thioether (sulfide) groups is 1. The van der Waals surface area contributed by atoms with Gasteiger partial charge in [-0.1, -0.05) is 29.3 Å². The molecule has 1 fully saturated rings. The normalized spacial score (nSPS) is 20.6. The Hall–Kier alpha value is -0.230. The molecular weight excluding hydrogens is 447 g/mol. The fourth-order valence-electron chi connectivity index (χ4n) is 3.61. The monoisotopic (exact) mass is 478 g/mol. The molecule has 7 heteroatoms. The van der Waals surface area contributed by atoms with Crippen molar-refractivity contribution in [2.45, 2.75) is 69.8 Å². The number of benzene rings is 1. The zero-order chi connectivity index (χ0) is 21.7. The van der Waals surface area contributed by atoms with Crippen molar-refractivity contribution < 1.29 is 13.2 Å². The third-order valence-electron chi connectivity index (χ3n) is 5.71. The van der Waals surface area contributed by atoms with Gasteiger partial charge in [0.25, 0.3) is 0 Å². The predicted molar refractivity (Wildman–Crippen MR) is 126 cm³/mol. The van der Waals surface area contributed by atoms with Crippen molar-refractivity contribution >= 4 is 50.6 Å². The molecule has 0 bridgehead atoms. The van der Waals surface area contributed by atoms with Crippen LogP contribution in [0.1, 0.15) is 64.9 Å². The zero-order valence-electron chi connectivity index (χ0n) is 17.5. The molecule has 1 aliphatic carbocycles. The summed E-state index contributed by atoms with van der Waals surface area (Å²) in [6, 6.07) is 5.52. The first-order valence-electron chi connectivity index (χ1n) is 10.3. The second-order valence-corrected chi connectivity index (χ2v) is 13.6. The summed E-state index contributed by atoms with van der Waals surface area (Å²) in [4.78, 5) is 12.5. The smallest absolute Gasteiger partial charge is 0.155 e. The minimum Gasteiger partial charge on any atom is -0.299 e. The number of sulfone groups is 1. The summed E-state index contributed by atoms with van der Waals surface area (Å²) in [5.41, 5.74) is 0.954. The number of carbonyl (C=O) groups excluding carboxylic acids is 1. The maximum absolute atomic E-state index is 12.5. The number of hydrogen-bond donors (Lipinski definition) is 0. The topological polar surface area (TPSA) is 51.2 Å². The lowest BCUT2D eigenvalue weighted by atomic mass is 9.80. The lowest BCUT2D eigenvalue weighted by Gasteiger charge is -2.30. The molecule has 3 nitrogen and oxygen atoms in total. The van der Waals surface area contributed by atoms with Gasteiger partial charge in [0.1, 0.15) is 5.78 Å². The third kappa shape index (κ3) is 7.45. The largest absolute Gasteiger partial charge is 0.299 e. The molecule has 0 saturated heterocycles. The number of halogens is 2. The van der Waals surface area contributed by atoms with E-state index >= 15 is 0 Å². The van der Waals surface area contributed by atoms with Crippen LogP contribution in [0.4, 0.5) is 0 Å². The average Bonchev–Trinajstić information content (AvgIpc) is 2.62. The molecule has 0 atom stereocenters. The average molecular weight is 480 g/mol. The molecule has 0 unspecified atom stereocenters. The van der Waals surface area contributed by atoms with E-state index in [-0.39, 0.29) is 17.6 Å². The van der Waals surface area contributed by atoms with Crippen molar-refractivity contribution in [1.82, 2.24) is 0 Å². The summed E-state index contributed by atoms with van der Waals surface area (Å²) >= 11 is 14.1. The van der Waals surface area contributed by atoms with Gasteiger partial charge in [-0.15, -0.1) is 0 Å². The Balaban J connectivity index is 1.67. The first-order valence-corrected chi connectivity index (χ1v) is 13.8. The lowest BCUT2D eigenvalue weighted by molar-refractivity contribution is -0.124. The molecule has 0 amide bonds. The van der Waals surface area contributed by atoms with E-state index in [4.69, 9.17) is 23.2 Å². The van der Waals surface area contributed by atoms with Crippen molar-refractivity contribution in [3.8, 4) is 0 Å². The minimum absolute atomic E-state index is 0.103. The summed E-state index contributed by atoms with van der Waals surface area (Å²) in [5, 5.41) is 1.37. The van der Waals surface area contributed by atoms with Gasteiger partial charge < -0.3 is 0 Å². The van der Waals surface area contributed by atoms with E-state index in [1.54, 1.807) is 32.5 Å². The van der Waals surface area contributed by atoms with E-state index in [1.165, 1.54) is 0 Å². The Morgan fingerprint density at radius 1 is 1.10 bits per heavy atom. The van der Waals surface area contributed by atoms with Crippen LogP contribution in [0.5, 0.6) is 0 Å². The number of carbonyl (C=O) groups is 1. The van der Waals surface area contributed by atoms with E-state index in [9.17, 15) is 13.2 Å². The third-order valence-corrected chi connectivity index (χ3v) is 10.3. The van der Waals surface area contributed by atoms with Gasteiger partial charge in [-0.25, -0.2) is 8.42 Å². The fraction of sp³-hybridized carbons (Fsp3) is 0.682. The van der Waals surface area contributed by atoms with Crippen LogP contribution in [-0.4, -0.2) is 30.5 Å². The highest BCUT2D eigenvalue weighted by Crippen LogP contribution is 2.33. The molecule has 1 aromatic rings. The minimum atomic E-state index is -3.09. The van der Waals surface area contributed by atoms with Crippen LogP contribution in [0.2, 0.25) is 10.0 Å². The van der Waals surface area contributed by atoms with Crippen molar-refractivity contribution in [3.63, 3.8) is 0 Å². The molecule has 2 rings (SSSR count). The molecule has 29 heavy (non-hydrogen) atoms. The Morgan fingerprint density at radius 3 is 2.24 bits per heavy atom. The van der Waals surface area contributed by atoms with Gasteiger partial charge in [0.2, 0.25) is 0 Å². The number of ketones is 1. The highest BCUT2D eigenvalue weighted by atomic mass is 35.5. The van der Waals surface area contributed by atoms with Crippen LogP contribution in [-0.2, 0) is 20.4 Å². The van der Waals surface area contributed by atoms with Crippen molar-refractivity contribution in [2.75, 3.05) is 11.5 Å². The predicted octanol–water partition coefficient (Wildman–Crippen LogP) is 6.60. The molecule has 0 aliphatic heterocycles. The van der Waals surface area contributed by atoms with Crippen molar-refractivity contribution in [1.29, 1.82) is 0 Å². The molecule has 1 aliphatic rings. The maximum atomic E-state index is 12.5. The molecule has 0 aromatic heterocycles. The summed E-state index contributed by atoms with van der Waals surface area (Å²) in [7, 11) is -3.09. The summed E-state index contributed by atoms with van der Waals surface area (Å²) in [6.07, 6.45) is 4.77. The Morgan fingerprint density at radius 2 is 1.69 bits per heavy atom. The van der Waals surface area contributed by atoms with Gasteiger partial charge in [-0.2, -0.15) is 11.8 Å². The molecule has 0 heterocycles. The molecule has 164 valence electrons. The van der Waals surface area contributed by atoms with Gasteiger partial charge >= 0.3 is 0 Å². The summed E-state index contributed by atoms with van der Waals surface area (Å²) < 4.78 is 24.1. The number of Topliss-reactive ketones (excluding diaryl/α,β-unsaturated/α-hetero) is 1. The molecule has 1 aromatic carbocycles. The van der Waals surface area contributed by atoms with E-state index in [2.05, 4.69) is 0 Å². The van der Waals surface area contributed by atoms with Gasteiger partial charge in [0, 0.05) is 28.1 Å². The highest BCUT2D eigenvalue weighted by Gasteiger charge is 2.34. The summed E-state index contributed by atoms with van der Waals surface area (Å²) in [6.45, 7) is 5.28. The molecule has 0 spiro atoms. The standard InChI is InChI=1S/C22H32Cl2O3S2/c1-22(2,3)29(26,27)15-16-9-11-17(12-10-16)21(25)8-5-13-28-14-18-19(23)6-4-7-20(18)24/h4,6-7,16-17H,5,8-15H2,1-3H3. The SMILES string of the molecule is CC(C)(C)S(=O)(=O)CC1CCC(C(=O)CCCSCc2c(Cl)cccc2Cl)CC1. The van der Waals surface area contributed by atoms with Gasteiger partial charge in [-0.3, -0.25) is 4.79 Å². The van der Waals surface area contributed by atoms with Crippen LogP contribution < -0.4 is 0 Å². The van der Waals surface area contributed by atoms with E-state index in [1.807, 2.05) is 18.2 Å². The molecular formula is C22H32Cl2O3S2. The second-order valence-electron chi connectivity index (χ2n) is 8.93. The Kier molecular flexibility index (Phi) is 9.39. The number of rotatable bonds is 9.